The second-order valence-electron chi connectivity index (χ2n) is 8.00. The van der Waals surface area contributed by atoms with Gasteiger partial charge in [-0.1, -0.05) is 36.9 Å². The third kappa shape index (κ3) is 3.07. The molecule has 130 valence electrons. The van der Waals surface area contributed by atoms with Crippen LogP contribution in [0.5, 0.6) is 0 Å². The predicted octanol–water partition coefficient (Wildman–Crippen LogP) is 4.08. The number of aliphatic hydroxyl groups is 1. The second-order valence-corrected chi connectivity index (χ2v) is 8.00. The molecule has 24 heavy (non-hydrogen) atoms. The number of hydrogen-bond donors (Lipinski definition) is 1. The molecule has 0 saturated carbocycles. The van der Waals surface area contributed by atoms with Gasteiger partial charge in [0, 0.05) is 24.9 Å². The first kappa shape index (κ1) is 17.0. The maximum Gasteiger partial charge on any atom is 0.410 e. The molecule has 2 aliphatic heterocycles. The smallest absolute Gasteiger partial charge is 0.410 e. The van der Waals surface area contributed by atoms with Gasteiger partial charge in [0.25, 0.3) is 0 Å². The molecular formula is C20H27NO3. The van der Waals surface area contributed by atoms with Gasteiger partial charge >= 0.3 is 6.09 Å². The van der Waals surface area contributed by atoms with Crippen LogP contribution in [0.25, 0.3) is 6.08 Å². The summed E-state index contributed by atoms with van der Waals surface area (Å²) >= 11 is 0. The molecule has 2 atom stereocenters. The van der Waals surface area contributed by atoms with Gasteiger partial charge in [-0.2, -0.15) is 0 Å². The van der Waals surface area contributed by atoms with Crippen molar-refractivity contribution in [2.24, 2.45) is 0 Å². The lowest BCUT2D eigenvalue weighted by Gasteiger charge is -2.44. The molecule has 1 aromatic rings. The van der Waals surface area contributed by atoms with Gasteiger partial charge in [0.15, 0.2) is 0 Å². The molecule has 4 nitrogen and oxygen atoms in total. The van der Waals surface area contributed by atoms with Crippen LogP contribution in [0, 0.1) is 0 Å². The highest BCUT2D eigenvalue weighted by molar-refractivity contribution is 5.70. The SMILES string of the molecule is C=Cc1ccccc1C1(O)CC2CCC(C1)N2C(=O)OC(C)(C)C. The van der Waals surface area contributed by atoms with E-state index in [4.69, 9.17) is 4.74 Å². The van der Waals surface area contributed by atoms with Crippen LogP contribution < -0.4 is 0 Å². The fourth-order valence-corrected chi connectivity index (χ4v) is 4.16. The highest BCUT2D eigenvalue weighted by atomic mass is 16.6. The number of piperidine rings is 1. The van der Waals surface area contributed by atoms with E-state index in [0.717, 1.165) is 24.0 Å². The van der Waals surface area contributed by atoms with Gasteiger partial charge < -0.3 is 14.7 Å². The van der Waals surface area contributed by atoms with Gasteiger partial charge in [-0.25, -0.2) is 4.79 Å². The third-order valence-electron chi connectivity index (χ3n) is 5.05. The Balaban J connectivity index is 1.84. The van der Waals surface area contributed by atoms with Crippen molar-refractivity contribution in [1.82, 2.24) is 4.90 Å². The Labute approximate surface area is 144 Å². The van der Waals surface area contributed by atoms with E-state index in [0.29, 0.717) is 12.8 Å². The normalized spacial score (nSPS) is 29.4. The van der Waals surface area contributed by atoms with Crippen LogP contribution in [0.4, 0.5) is 4.79 Å². The summed E-state index contributed by atoms with van der Waals surface area (Å²) in [7, 11) is 0. The monoisotopic (exact) mass is 329 g/mol. The van der Waals surface area contributed by atoms with E-state index in [1.165, 1.54) is 0 Å². The zero-order chi connectivity index (χ0) is 17.5. The molecule has 1 N–H and O–H groups in total. The summed E-state index contributed by atoms with van der Waals surface area (Å²) in [6.07, 6.45) is 4.47. The average Bonchev–Trinajstić information content (AvgIpc) is 2.78. The first-order chi connectivity index (χ1) is 11.2. The quantitative estimate of drug-likeness (QED) is 0.889. The number of fused-ring (bicyclic) bond motifs is 2. The number of benzene rings is 1. The number of rotatable bonds is 2. The molecule has 3 rings (SSSR count). The minimum atomic E-state index is -0.908. The van der Waals surface area contributed by atoms with Gasteiger partial charge in [-0.3, -0.25) is 0 Å². The third-order valence-corrected chi connectivity index (χ3v) is 5.05. The first-order valence-electron chi connectivity index (χ1n) is 8.69. The van der Waals surface area contributed by atoms with Crippen LogP contribution in [0.1, 0.15) is 57.6 Å². The number of ether oxygens (including phenoxy) is 1. The summed E-state index contributed by atoms with van der Waals surface area (Å²) in [5.41, 5.74) is 0.473. The van der Waals surface area contributed by atoms with Gasteiger partial charge in [-0.15, -0.1) is 0 Å². The summed E-state index contributed by atoms with van der Waals surface area (Å²) in [5.74, 6) is 0. The Morgan fingerprint density at radius 3 is 2.42 bits per heavy atom. The standard InChI is InChI=1S/C20H27NO3/c1-5-14-8-6-7-9-17(14)20(23)12-15-10-11-16(13-20)21(15)18(22)24-19(2,3)4/h5-9,15-16,23H,1,10-13H2,2-4H3. The summed E-state index contributed by atoms with van der Waals surface area (Å²) in [6.45, 7) is 9.51. The van der Waals surface area contributed by atoms with Crippen molar-refractivity contribution in [3.8, 4) is 0 Å². The summed E-state index contributed by atoms with van der Waals surface area (Å²) in [5, 5.41) is 11.3. The lowest BCUT2D eigenvalue weighted by Crippen LogP contribution is -2.53. The van der Waals surface area contributed by atoms with Crippen LogP contribution in [0.2, 0.25) is 0 Å². The summed E-state index contributed by atoms with van der Waals surface area (Å²) in [4.78, 5) is 14.4. The Bertz CT molecular complexity index is 633. The van der Waals surface area contributed by atoms with E-state index in [9.17, 15) is 9.90 Å². The van der Waals surface area contributed by atoms with Gasteiger partial charge in [0.2, 0.25) is 0 Å². The molecule has 0 spiro atoms. The highest BCUT2D eigenvalue weighted by Crippen LogP contribution is 2.47. The minimum Gasteiger partial charge on any atom is -0.444 e. The average molecular weight is 329 g/mol. The van der Waals surface area contributed by atoms with Gasteiger partial charge in [0.05, 0.1) is 5.60 Å². The van der Waals surface area contributed by atoms with Crippen molar-refractivity contribution >= 4 is 12.2 Å². The van der Waals surface area contributed by atoms with Crippen molar-refractivity contribution in [3.63, 3.8) is 0 Å². The van der Waals surface area contributed by atoms with Gasteiger partial charge in [0.1, 0.15) is 5.60 Å². The van der Waals surface area contributed by atoms with Crippen LogP contribution in [-0.2, 0) is 10.3 Å². The van der Waals surface area contributed by atoms with Crippen LogP contribution >= 0.6 is 0 Å². The number of hydrogen-bond acceptors (Lipinski definition) is 3. The summed E-state index contributed by atoms with van der Waals surface area (Å²) < 4.78 is 5.57. The topological polar surface area (TPSA) is 49.8 Å². The zero-order valence-corrected chi connectivity index (χ0v) is 14.8. The lowest BCUT2D eigenvalue weighted by molar-refractivity contribution is -0.0625. The predicted molar refractivity (Wildman–Crippen MR) is 94.5 cm³/mol. The molecular weight excluding hydrogens is 302 g/mol. The number of carbonyl (C=O) groups excluding carboxylic acids is 1. The first-order valence-corrected chi connectivity index (χ1v) is 8.69. The van der Waals surface area contributed by atoms with Crippen LogP contribution in [0.3, 0.4) is 0 Å². The van der Waals surface area contributed by atoms with Crippen LogP contribution in [-0.4, -0.2) is 33.8 Å². The Morgan fingerprint density at radius 1 is 1.29 bits per heavy atom. The molecule has 2 heterocycles. The molecule has 0 aromatic heterocycles. The molecule has 2 fully saturated rings. The zero-order valence-electron chi connectivity index (χ0n) is 14.8. The van der Waals surface area contributed by atoms with Crippen molar-refractivity contribution < 1.29 is 14.6 Å². The number of nitrogens with zero attached hydrogens (tertiary/aromatic N) is 1. The Morgan fingerprint density at radius 2 is 1.88 bits per heavy atom. The maximum absolute atomic E-state index is 12.6. The highest BCUT2D eigenvalue weighted by Gasteiger charge is 2.51. The van der Waals surface area contributed by atoms with E-state index in [-0.39, 0.29) is 18.2 Å². The molecule has 1 aromatic carbocycles. The van der Waals surface area contributed by atoms with Crippen molar-refractivity contribution in [1.29, 1.82) is 0 Å². The molecule has 2 bridgehead atoms. The molecule has 2 aliphatic rings. The van der Waals surface area contributed by atoms with Crippen molar-refractivity contribution in [3.05, 3.63) is 42.0 Å². The van der Waals surface area contributed by atoms with Gasteiger partial charge in [-0.05, 0) is 44.7 Å². The van der Waals surface area contributed by atoms with E-state index in [1.54, 1.807) is 6.08 Å². The molecule has 1 amide bonds. The largest absolute Gasteiger partial charge is 0.444 e. The molecule has 4 heteroatoms. The van der Waals surface area contributed by atoms with E-state index >= 15 is 0 Å². The molecule has 2 unspecified atom stereocenters. The number of amides is 1. The van der Waals surface area contributed by atoms with E-state index in [1.807, 2.05) is 49.9 Å². The summed E-state index contributed by atoms with van der Waals surface area (Å²) in [6, 6.07) is 7.90. The fraction of sp³-hybridized carbons (Fsp3) is 0.550. The molecule has 0 radical (unpaired) electrons. The van der Waals surface area contributed by atoms with Crippen molar-refractivity contribution in [2.75, 3.05) is 0 Å². The lowest BCUT2D eigenvalue weighted by atomic mass is 9.78. The molecule has 0 aliphatic carbocycles. The Hall–Kier alpha value is -1.81. The van der Waals surface area contributed by atoms with Crippen LogP contribution in [0.15, 0.2) is 30.8 Å². The van der Waals surface area contributed by atoms with Crippen molar-refractivity contribution in [2.45, 2.75) is 69.7 Å². The maximum atomic E-state index is 12.6. The fourth-order valence-electron chi connectivity index (χ4n) is 4.16. The molecule has 2 saturated heterocycles. The second kappa shape index (κ2) is 5.92. The van der Waals surface area contributed by atoms with E-state index < -0.39 is 11.2 Å². The Kier molecular flexibility index (Phi) is 4.20. The number of carbonyl (C=O) groups is 1. The minimum absolute atomic E-state index is 0.0291. The van der Waals surface area contributed by atoms with E-state index in [2.05, 4.69) is 6.58 Å².